The van der Waals surface area contributed by atoms with Crippen LogP contribution in [0.25, 0.3) is 0 Å². The molecule has 2 rings (SSSR count). The van der Waals surface area contributed by atoms with Crippen molar-refractivity contribution in [3.63, 3.8) is 0 Å². The molecule has 0 saturated heterocycles. The molecule has 1 fully saturated rings. The van der Waals surface area contributed by atoms with E-state index in [0.717, 1.165) is 5.92 Å². The minimum atomic E-state index is 0.489. The standard InChI is InChI=1S/C8H14N3/c1-6(2)11-8(5-9-10-11)7-3-4-7/h5-8H,3-4H2,1-2H3/q+1. The first-order valence-electron chi connectivity index (χ1n) is 4.31. The van der Waals surface area contributed by atoms with Gasteiger partial charge in [0, 0.05) is 5.92 Å². The molecule has 1 saturated carbocycles. The van der Waals surface area contributed by atoms with Crippen molar-refractivity contribution in [2.24, 2.45) is 16.2 Å². The second kappa shape index (κ2) is 2.40. The van der Waals surface area contributed by atoms with Gasteiger partial charge in [0.05, 0.1) is 5.10 Å². The number of hydrogen-bond acceptors (Lipinski definition) is 2. The maximum absolute atomic E-state index is 4.08. The molecule has 3 heteroatoms. The average Bonchev–Trinajstić information content (AvgIpc) is 2.68. The lowest BCUT2D eigenvalue weighted by Crippen LogP contribution is -2.30. The van der Waals surface area contributed by atoms with Crippen LogP contribution >= 0.6 is 0 Å². The van der Waals surface area contributed by atoms with E-state index in [4.69, 9.17) is 0 Å². The Morgan fingerprint density at radius 1 is 1.45 bits per heavy atom. The van der Waals surface area contributed by atoms with Crippen molar-refractivity contribution >= 4 is 6.21 Å². The normalized spacial score (nSPS) is 29.7. The van der Waals surface area contributed by atoms with Gasteiger partial charge in [0.2, 0.25) is 0 Å². The van der Waals surface area contributed by atoms with Crippen LogP contribution in [-0.4, -0.2) is 23.0 Å². The van der Waals surface area contributed by atoms with E-state index in [9.17, 15) is 0 Å². The zero-order valence-electron chi connectivity index (χ0n) is 7.07. The Hall–Kier alpha value is -0.730. The van der Waals surface area contributed by atoms with Gasteiger partial charge in [-0.15, -0.1) is 0 Å². The highest BCUT2D eigenvalue weighted by molar-refractivity contribution is 5.64. The fourth-order valence-electron chi connectivity index (χ4n) is 1.51. The van der Waals surface area contributed by atoms with Gasteiger partial charge in [0.25, 0.3) is 0 Å². The van der Waals surface area contributed by atoms with Crippen LogP contribution in [0.3, 0.4) is 0 Å². The molecule has 1 unspecified atom stereocenters. The lowest BCUT2D eigenvalue weighted by molar-refractivity contribution is -0.637. The van der Waals surface area contributed by atoms with Crippen LogP contribution in [0.15, 0.2) is 10.3 Å². The van der Waals surface area contributed by atoms with Gasteiger partial charge in [-0.25, -0.2) is 0 Å². The molecule has 0 spiro atoms. The van der Waals surface area contributed by atoms with Crippen LogP contribution in [0.1, 0.15) is 26.7 Å². The minimum absolute atomic E-state index is 0.489. The van der Waals surface area contributed by atoms with Crippen LogP contribution < -0.4 is 0 Å². The SMILES string of the molecule is CC(C)[N+]1=NN=CC1C1CC1. The predicted molar refractivity (Wildman–Crippen MR) is 42.8 cm³/mol. The molecule has 1 aliphatic carbocycles. The summed E-state index contributed by atoms with van der Waals surface area (Å²) >= 11 is 0. The van der Waals surface area contributed by atoms with Crippen LogP contribution in [0.5, 0.6) is 0 Å². The fourth-order valence-corrected chi connectivity index (χ4v) is 1.51. The van der Waals surface area contributed by atoms with Crippen molar-refractivity contribution in [1.82, 2.24) is 0 Å². The molecule has 0 aromatic carbocycles. The molecule has 3 nitrogen and oxygen atoms in total. The molecular formula is C8H14N3+. The van der Waals surface area contributed by atoms with E-state index in [0.29, 0.717) is 12.1 Å². The highest BCUT2D eigenvalue weighted by Crippen LogP contribution is 2.35. The van der Waals surface area contributed by atoms with Gasteiger partial charge in [-0.1, -0.05) is 0 Å². The Bertz CT molecular complexity index is 213. The minimum Gasteiger partial charge on any atom is -0.151 e. The lowest BCUT2D eigenvalue weighted by atomic mass is 10.2. The van der Waals surface area contributed by atoms with Crippen molar-refractivity contribution in [3.8, 4) is 0 Å². The highest BCUT2D eigenvalue weighted by atomic mass is 15.5. The topological polar surface area (TPSA) is 27.7 Å². The quantitative estimate of drug-likeness (QED) is 0.538. The maximum Gasteiger partial charge on any atom is 0.191 e. The fraction of sp³-hybridized carbons (Fsp3) is 0.875. The molecule has 0 radical (unpaired) electrons. The Morgan fingerprint density at radius 3 is 2.73 bits per heavy atom. The van der Waals surface area contributed by atoms with Crippen molar-refractivity contribution < 1.29 is 4.70 Å². The molecule has 0 aromatic heterocycles. The number of rotatable bonds is 2. The number of hydrogen-bond donors (Lipinski definition) is 0. The second-order valence-electron chi connectivity index (χ2n) is 3.66. The summed E-state index contributed by atoms with van der Waals surface area (Å²) < 4.78 is 2.11. The van der Waals surface area contributed by atoms with Crippen molar-refractivity contribution in [1.29, 1.82) is 0 Å². The van der Waals surface area contributed by atoms with Gasteiger partial charge in [0.15, 0.2) is 12.3 Å². The van der Waals surface area contributed by atoms with Gasteiger partial charge in [-0.2, -0.15) is 4.70 Å². The highest BCUT2D eigenvalue weighted by Gasteiger charge is 2.40. The maximum atomic E-state index is 4.08. The average molecular weight is 152 g/mol. The molecule has 2 aliphatic rings. The molecule has 1 heterocycles. The molecule has 0 amide bonds. The molecule has 1 aliphatic heterocycles. The monoisotopic (exact) mass is 152 g/mol. The predicted octanol–water partition coefficient (Wildman–Crippen LogP) is 1.64. The van der Waals surface area contributed by atoms with Crippen LogP contribution in [0, 0.1) is 5.92 Å². The van der Waals surface area contributed by atoms with Gasteiger partial charge in [0.1, 0.15) is 11.3 Å². The zero-order valence-corrected chi connectivity index (χ0v) is 7.07. The first-order chi connectivity index (χ1) is 5.29. The van der Waals surface area contributed by atoms with E-state index in [1.807, 2.05) is 6.21 Å². The van der Waals surface area contributed by atoms with Gasteiger partial charge in [-0.05, 0) is 26.7 Å². The summed E-state index contributed by atoms with van der Waals surface area (Å²) in [6.07, 6.45) is 4.70. The molecule has 60 valence electrons. The van der Waals surface area contributed by atoms with Crippen LogP contribution in [0.2, 0.25) is 0 Å². The van der Waals surface area contributed by atoms with Gasteiger partial charge < -0.3 is 0 Å². The zero-order chi connectivity index (χ0) is 7.84. The van der Waals surface area contributed by atoms with Crippen LogP contribution in [-0.2, 0) is 0 Å². The van der Waals surface area contributed by atoms with Crippen molar-refractivity contribution in [2.75, 3.05) is 0 Å². The molecule has 11 heavy (non-hydrogen) atoms. The molecule has 0 bridgehead atoms. The summed E-state index contributed by atoms with van der Waals surface area (Å²) in [5.74, 6) is 0.840. The first-order valence-corrected chi connectivity index (χ1v) is 4.31. The molecule has 0 N–H and O–H groups in total. The van der Waals surface area contributed by atoms with Gasteiger partial charge >= 0.3 is 0 Å². The summed E-state index contributed by atoms with van der Waals surface area (Å²) in [7, 11) is 0. The Kier molecular flexibility index (Phi) is 1.51. The Labute approximate surface area is 66.8 Å². The third-order valence-corrected chi connectivity index (χ3v) is 2.31. The first kappa shape index (κ1) is 6.95. The van der Waals surface area contributed by atoms with Gasteiger partial charge in [-0.3, -0.25) is 0 Å². The smallest absolute Gasteiger partial charge is 0.151 e. The molecular weight excluding hydrogens is 138 g/mol. The van der Waals surface area contributed by atoms with Crippen LogP contribution in [0.4, 0.5) is 0 Å². The summed E-state index contributed by atoms with van der Waals surface area (Å²) in [6.45, 7) is 4.32. The second-order valence-corrected chi connectivity index (χ2v) is 3.66. The summed E-state index contributed by atoms with van der Waals surface area (Å²) in [4.78, 5) is 0. The Morgan fingerprint density at radius 2 is 2.18 bits per heavy atom. The van der Waals surface area contributed by atoms with E-state index < -0.39 is 0 Å². The lowest BCUT2D eigenvalue weighted by Gasteiger charge is -2.08. The summed E-state index contributed by atoms with van der Waals surface area (Å²) in [5, 5.41) is 8.04. The van der Waals surface area contributed by atoms with E-state index in [2.05, 4.69) is 28.9 Å². The van der Waals surface area contributed by atoms with E-state index >= 15 is 0 Å². The largest absolute Gasteiger partial charge is 0.191 e. The molecule has 1 atom stereocenters. The van der Waals surface area contributed by atoms with Crippen molar-refractivity contribution in [3.05, 3.63) is 0 Å². The van der Waals surface area contributed by atoms with Crippen molar-refractivity contribution in [2.45, 2.75) is 38.8 Å². The Balaban J connectivity index is 2.09. The summed E-state index contributed by atoms with van der Waals surface area (Å²) in [5.41, 5.74) is 0. The third kappa shape index (κ3) is 1.19. The molecule has 0 aromatic rings. The summed E-state index contributed by atoms with van der Waals surface area (Å²) in [6, 6.07) is 0.998. The van der Waals surface area contributed by atoms with E-state index in [1.165, 1.54) is 12.8 Å². The van der Waals surface area contributed by atoms with E-state index in [-0.39, 0.29) is 0 Å². The third-order valence-electron chi connectivity index (χ3n) is 2.31. The number of nitrogens with zero attached hydrogens (tertiary/aromatic N) is 3. The van der Waals surface area contributed by atoms with E-state index in [1.54, 1.807) is 0 Å².